The zero-order valence-corrected chi connectivity index (χ0v) is 9.34. The van der Waals surface area contributed by atoms with Gasteiger partial charge in [-0.1, -0.05) is 37.1 Å². The molecule has 78 valence electrons. The van der Waals surface area contributed by atoms with Gasteiger partial charge in [-0.3, -0.25) is 0 Å². The van der Waals surface area contributed by atoms with Crippen molar-refractivity contribution in [3.63, 3.8) is 0 Å². The van der Waals surface area contributed by atoms with E-state index in [2.05, 4.69) is 25.2 Å². The van der Waals surface area contributed by atoms with Crippen LogP contribution in [0.4, 0.5) is 0 Å². The Morgan fingerprint density at radius 3 is 3.00 bits per heavy atom. The summed E-state index contributed by atoms with van der Waals surface area (Å²) < 4.78 is 0. The summed E-state index contributed by atoms with van der Waals surface area (Å²) in [5.74, 6) is 1.84. The number of fused-ring (bicyclic) bond motifs is 1. The van der Waals surface area contributed by atoms with Crippen LogP contribution in [0.3, 0.4) is 0 Å². The van der Waals surface area contributed by atoms with Crippen molar-refractivity contribution in [1.29, 1.82) is 0 Å². The molecule has 14 heavy (non-hydrogen) atoms. The van der Waals surface area contributed by atoms with Gasteiger partial charge in [-0.05, 0) is 50.4 Å². The Balaban J connectivity index is 2.13. The molecule has 0 spiro atoms. The van der Waals surface area contributed by atoms with Crippen LogP contribution in [0.1, 0.15) is 51.9 Å². The summed E-state index contributed by atoms with van der Waals surface area (Å²) >= 11 is 0. The molecule has 0 nitrogen and oxygen atoms in total. The molecule has 0 aromatic rings. The average molecular weight is 190 g/mol. The van der Waals surface area contributed by atoms with E-state index in [0.29, 0.717) is 0 Å². The van der Waals surface area contributed by atoms with Crippen LogP contribution in [0.5, 0.6) is 0 Å². The maximum Gasteiger partial charge on any atom is -0.0197 e. The van der Waals surface area contributed by atoms with E-state index in [1.807, 2.05) is 0 Å². The first-order valence-electron chi connectivity index (χ1n) is 6.28. The van der Waals surface area contributed by atoms with Gasteiger partial charge in [-0.15, -0.1) is 0 Å². The highest BCUT2D eigenvalue weighted by Crippen LogP contribution is 2.41. The highest BCUT2D eigenvalue weighted by molar-refractivity contribution is 5.21. The molecule has 2 rings (SSSR count). The van der Waals surface area contributed by atoms with Crippen LogP contribution in [0.2, 0.25) is 0 Å². The summed E-state index contributed by atoms with van der Waals surface area (Å²) in [7, 11) is 0. The Morgan fingerprint density at radius 2 is 2.14 bits per heavy atom. The van der Waals surface area contributed by atoms with Crippen LogP contribution in [0, 0.1) is 11.8 Å². The zero-order valence-electron chi connectivity index (χ0n) is 9.34. The lowest BCUT2D eigenvalue weighted by Gasteiger charge is -2.14. The molecule has 0 heterocycles. The Hall–Kier alpha value is -0.520. The van der Waals surface area contributed by atoms with E-state index in [-0.39, 0.29) is 0 Å². The molecule has 1 fully saturated rings. The smallest absolute Gasteiger partial charge is 0.0197 e. The van der Waals surface area contributed by atoms with E-state index in [4.69, 9.17) is 0 Å². The monoisotopic (exact) mass is 190 g/mol. The van der Waals surface area contributed by atoms with E-state index >= 15 is 0 Å². The Morgan fingerprint density at radius 1 is 1.21 bits per heavy atom. The van der Waals surface area contributed by atoms with Gasteiger partial charge >= 0.3 is 0 Å². The third kappa shape index (κ3) is 2.10. The van der Waals surface area contributed by atoms with Crippen molar-refractivity contribution in [3.8, 4) is 0 Å². The van der Waals surface area contributed by atoms with Crippen LogP contribution >= 0.6 is 0 Å². The fourth-order valence-corrected chi connectivity index (χ4v) is 3.02. The second kappa shape index (κ2) is 4.82. The molecule has 2 aliphatic rings. The molecule has 0 heteroatoms. The highest BCUT2D eigenvalue weighted by atomic mass is 14.3. The van der Waals surface area contributed by atoms with Crippen LogP contribution in [0.15, 0.2) is 23.8 Å². The van der Waals surface area contributed by atoms with Crippen LogP contribution in [-0.4, -0.2) is 0 Å². The molecular weight excluding hydrogens is 168 g/mol. The summed E-state index contributed by atoms with van der Waals surface area (Å²) in [5.41, 5.74) is 1.77. The van der Waals surface area contributed by atoms with Crippen molar-refractivity contribution in [3.05, 3.63) is 23.8 Å². The van der Waals surface area contributed by atoms with Gasteiger partial charge < -0.3 is 0 Å². The Kier molecular flexibility index (Phi) is 3.44. The molecule has 0 aliphatic heterocycles. The molecule has 1 saturated carbocycles. The quantitative estimate of drug-likeness (QED) is 0.572. The number of hydrogen-bond acceptors (Lipinski definition) is 0. The number of allylic oxidation sites excluding steroid dienone is 4. The van der Waals surface area contributed by atoms with Crippen molar-refractivity contribution < 1.29 is 0 Å². The second-order valence-electron chi connectivity index (χ2n) is 4.76. The standard InChI is InChI=1S/C14H22/c1-2-12-10-11-13-8-6-4-3-5-7-9-14(12)13/h5,7,9,12-13H,2-4,6,8,10-11H2,1H3/b7-5-,14-9-. The Labute approximate surface area is 88.1 Å². The first kappa shape index (κ1) is 10.0. The third-order valence-corrected chi connectivity index (χ3v) is 3.90. The molecule has 0 aromatic heterocycles. The van der Waals surface area contributed by atoms with Gasteiger partial charge in [0.25, 0.3) is 0 Å². The lowest BCUT2D eigenvalue weighted by atomic mass is 9.91. The SMILES string of the molecule is CCC1CCC2CCCC/C=C\C=C\12. The molecule has 2 atom stereocenters. The largest absolute Gasteiger partial charge is 0.0845 e. The zero-order chi connectivity index (χ0) is 9.80. The molecule has 0 radical (unpaired) electrons. The number of rotatable bonds is 1. The maximum absolute atomic E-state index is 2.43. The third-order valence-electron chi connectivity index (χ3n) is 3.90. The van der Waals surface area contributed by atoms with Crippen molar-refractivity contribution >= 4 is 0 Å². The molecular formula is C14H22. The van der Waals surface area contributed by atoms with Gasteiger partial charge in [0.15, 0.2) is 0 Å². The van der Waals surface area contributed by atoms with Crippen LogP contribution in [-0.2, 0) is 0 Å². The first-order chi connectivity index (χ1) is 6.92. The van der Waals surface area contributed by atoms with E-state index < -0.39 is 0 Å². The molecule has 0 bridgehead atoms. The highest BCUT2D eigenvalue weighted by Gasteiger charge is 2.28. The molecule has 0 aromatic carbocycles. The lowest BCUT2D eigenvalue weighted by Crippen LogP contribution is -2.01. The van der Waals surface area contributed by atoms with Gasteiger partial charge in [0, 0.05) is 0 Å². The molecule has 0 N–H and O–H groups in total. The van der Waals surface area contributed by atoms with E-state index in [1.165, 1.54) is 44.9 Å². The van der Waals surface area contributed by atoms with E-state index in [1.54, 1.807) is 5.57 Å². The summed E-state index contributed by atoms with van der Waals surface area (Å²) in [5, 5.41) is 0. The second-order valence-corrected chi connectivity index (χ2v) is 4.76. The topological polar surface area (TPSA) is 0 Å². The summed E-state index contributed by atoms with van der Waals surface area (Å²) in [6.45, 7) is 2.34. The van der Waals surface area contributed by atoms with Crippen LogP contribution < -0.4 is 0 Å². The molecule has 0 saturated heterocycles. The van der Waals surface area contributed by atoms with Gasteiger partial charge in [0.1, 0.15) is 0 Å². The summed E-state index contributed by atoms with van der Waals surface area (Å²) in [6, 6.07) is 0. The van der Waals surface area contributed by atoms with Crippen molar-refractivity contribution in [2.75, 3.05) is 0 Å². The molecule has 2 aliphatic carbocycles. The van der Waals surface area contributed by atoms with Crippen molar-refractivity contribution in [2.45, 2.75) is 51.9 Å². The fourth-order valence-electron chi connectivity index (χ4n) is 3.02. The minimum atomic E-state index is 0.905. The lowest BCUT2D eigenvalue weighted by molar-refractivity contribution is 0.533. The molecule has 0 amide bonds. The van der Waals surface area contributed by atoms with Crippen molar-refractivity contribution in [2.24, 2.45) is 11.8 Å². The van der Waals surface area contributed by atoms with E-state index in [0.717, 1.165) is 11.8 Å². The Bertz CT molecular complexity index is 234. The maximum atomic E-state index is 2.43. The first-order valence-corrected chi connectivity index (χ1v) is 6.28. The summed E-state index contributed by atoms with van der Waals surface area (Å²) in [4.78, 5) is 0. The summed E-state index contributed by atoms with van der Waals surface area (Å²) in [6.07, 6.45) is 16.9. The normalized spacial score (nSPS) is 38.8. The average Bonchev–Trinajstić information content (AvgIpc) is 2.61. The predicted octanol–water partition coefficient (Wildman–Crippen LogP) is 4.48. The molecule has 2 unspecified atom stereocenters. The fraction of sp³-hybridized carbons (Fsp3) is 0.714. The van der Waals surface area contributed by atoms with Crippen LogP contribution in [0.25, 0.3) is 0 Å². The van der Waals surface area contributed by atoms with Gasteiger partial charge in [0.05, 0.1) is 0 Å². The number of hydrogen-bond donors (Lipinski definition) is 0. The minimum Gasteiger partial charge on any atom is -0.0845 e. The minimum absolute atomic E-state index is 0.905. The predicted molar refractivity (Wildman–Crippen MR) is 62.2 cm³/mol. The van der Waals surface area contributed by atoms with Gasteiger partial charge in [-0.25, -0.2) is 0 Å². The van der Waals surface area contributed by atoms with Gasteiger partial charge in [0.2, 0.25) is 0 Å². The van der Waals surface area contributed by atoms with Crippen molar-refractivity contribution in [1.82, 2.24) is 0 Å². The van der Waals surface area contributed by atoms with Gasteiger partial charge in [-0.2, -0.15) is 0 Å². The van der Waals surface area contributed by atoms with E-state index in [9.17, 15) is 0 Å².